The summed E-state index contributed by atoms with van der Waals surface area (Å²) in [6.07, 6.45) is 7.71. The second kappa shape index (κ2) is 9.01. The maximum atomic E-state index is 12.4. The van der Waals surface area contributed by atoms with Crippen molar-refractivity contribution in [3.63, 3.8) is 0 Å². The van der Waals surface area contributed by atoms with Crippen LogP contribution in [0.5, 0.6) is 5.75 Å². The van der Waals surface area contributed by atoms with Gasteiger partial charge in [0, 0.05) is 6.54 Å². The van der Waals surface area contributed by atoms with Crippen molar-refractivity contribution in [2.45, 2.75) is 43.9 Å². The van der Waals surface area contributed by atoms with E-state index in [9.17, 15) is 13.2 Å². The molecule has 138 valence electrons. The van der Waals surface area contributed by atoms with E-state index >= 15 is 0 Å². The Kier molecular flexibility index (Phi) is 7.01. The van der Waals surface area contributed by atoms with Crippen LogP contribution >= 0.6 is 0 Å². The first-order chi connectivity index (χ1) is 11.9. The highest BCUT2D eigenvalue weighted by Crippen LogP contribution is 2.24. The molecule has 1 aliphatic carbocycles. The van der Waals surface area contributed by atoms with E-state index in [1.165, 1.54) is 31.6 Å². The fraction of sp³-hybridized carbons (Fsp3) is 0.500. The summed E-state index contributed by atoms with van der Waals surface area (Å²) in [6, 6.07) is 4.89. The second-order valence-corrected chi connectivity index (χ2v) is 7.92. The van der Waals surface area contributed by atoms with Crippen molar-refractivity contribution in [1.29, 1.82) is 0 Å². The van der Waals surface area contributed by atoms with Crippen molar-refractivity contribution >= 4 is 15.9 Å². The van der Waals surface area contributed by atoms with Crippen LogP contribution in [0.15, 0.2) is 34.7 Å². The lowest BCUT2D eigenvalue weighted by Crippen LogP contribution is -2.37. The fourth-order valence-electron chi connectivity index (χ4n) is 2.79. The van der Waals surface area contributed by atoms with Crippen LogP contribution in [-0.4, -0.2) is 34.5 Å². The third-order valence-electron chi connectivity index (χ3n) is 4.18. The van der Waals surface area contributed by atoms with Gasteiger partial charge in [-0.2, -0.15) is 0 Å². The van der Waals surface area contributed by atoms with Crippen LogP contribution in [0.2, 0.25) is 0 Å². The molecular formula is C18H26N2O4S. The summed E-state index contributed by atoms with van der Waals surface area (Å²) in [6.45, 7) is 2.03. The Morgan fingerprint density at radius 1 is 1.28 bits per heavy atom. The second-order valence-electron chi connectivity index (χ2n) is 6.19. The normalized spacial score (nSPS) is 14.7. The minimum atomic E-state index is -3.81. The number of ether oxygens (including phenoxy) is 1. The molecule has 0 spiro atoms. The molecule has 0 unspecified atom stereocenters. The van der Waals surface area contributed by atoms with E-state index in [2.05, 4.69) is 16.1 Å². The summed E-state index contributed by atoms with van der Waals surface area (Å²) in [5.74, 6) is -0.0886. The van der Waals surface area contributed by atoms with Crippen molar-refractivity contribution < 1.29 is 17.9 Å². The summed E-state index contributed by atoms with van der Waals surface area (Å²) in [4.78, 5) is 11.9. The first kappa shape index (κ1) is 19.5. The van der Waals surface area contributed by atoms with E-state index in [0.717, 1.165) is 24.8 Å². The number of rotatable bonds is 8. The van der Waals surface area contributed by atoms with Crippen LogP contribution < -0.4 is 14.8 Å². The van der Waals surface area contributed by atoms with E-state index in [1.807, 2.05) is 0 Å². The average molecular weight is 366 g/mol. The van der Waals surface area contributed by atoms with Gasteiger partial charge in [-0.1, -0.05) is 17.7 Å². The number of amides is 1. The molecule has 0 saturated heterocycles. The molecule has 0 aliphatic heterocycles. The molecule has 1 amide bonds. The van der Waals surface area contributed by atoms with Gasteiger partial charge in [0.05, 0.1) is 13.7 Å². The summed E-state index contributed by atoms with van der Waals surface area (Å²) in [5.41, 5.74) is 2.17. The Labute approximate surface area is 149 Å². The van der Waals surface area contributed by atoms with Gasteiger partial charge in [0.2, 0.25) is 15.9 Å². The van der Waals surface area contributed by atoms with E-state index in [1.54, 1.807) is 19.1 Å². The van der Waals surface area contributed by atoms with E-state index < -0.39 is 10.0 Å². The standard InChI is InChI=1S/C18H26N2O4S/c1-14-8-9-16(24-2)17(12-14)25(22,23)20-13-18(21)19-11-10-15-6-4-3-5-7-15/h6,8-9,12,20H,3-5,7,10-11,13H2,1-2H3,(H,19,21). The number of hydrogen-bond donors (Lipinski definition) is 2. The van der Waals surface area contributed by atoms with Crippen LogP contribution in [0, 0.1) is 6.92 Å². The molecule has 0 atom stereocenters. The number of carbonyl (C=O) groups is 1. The van der Waals surface area contributed by atoms with Crippen molar-refractivity contribution in [1.82, 2.24) is 10.0 Å². The Balaban J connectivity index is 1.85. The first-order valence-corrected chi connectivity index (χ1v) is 9.99. The Morgan fingerprint density at radius 3 is 2.76 bits per heavy atom. The molecule has 0 fully saturated rings. The molecule has 2 rings (SSSR count). The maximum absolute atomic E-state index is 12.4. The van der Waals surface area contributed by atoms with Gasteiger partial charge in [-0.3, -0.25) is 4.79 Å². The highest BCUT2D eigenvalue weighted by atomic mass is 32.2. The van der Waals surface area contributed by atoms with Gasteiger partial charge in [0.15, 0.2) is 0 Å². The summed E-state index contributed by atoms with van der Waals surface area (Å²) in [7, 11) is -2.40. The van der Waals surface area contributed by atoms with Gasteiger partial charge in [-0.25, -0.2) is 13.1 Å². The molecule has 0 heterocycles. The summed E-state index contributed by atoms with van der Waals surface area (Å²) in [5, 5.41) is 2.76. The zero-order valence-corrected chi connectivity index (χ0v) is 15.6. The first-order valence-electron chi connectivity index (χ1n) is 8.51. The van der Waals surface area contributed by atoms with Crippen LogP contribution in [0.4, 0.5) is 0 Å². The predicted molar refractivity (Wildman–Crippen MR) is 97.1 cm³/mol. The number of benzene rings is 1. The lowest BCUT2D eigenvalue weighted by Gasteiger charge is -2.13. The van der Waals surface area contributed by atoms with Crippen LogP contribution in [0.25, 0.3) is 0 Å². The molecular weight excluding hydrogens is 340 g/mol. The third kappa shape index (κ3) is 5.86. The van der Waals surface area contributed by atoms with Gasteiger partial charge >= 0.3 is 0 Å². The number of nitrogens with one attached hydrogen (secondary N) is 2. The minimum absolute atomic E-state index is 0.0372. The Morgan fingerprint density at radius 2 is 2.08 bits per heavy atom. The monoisotopic (exact) mass is 366 g/mol. The SMILES string of the molecule is COc1ccc(C)cc1S(=O)(=O)NCC(=O)NCCC1=CCCCC1. The molecule has 6 nitrogen and oxygen atoms in total. The van der Waals surface area contributed by atoms with Crippen molar-refractivity contribution in [3.8, 4) is 5.75 Å². The number of aryl methyl sites for hydroxylation is 1. The number of sulfonamides is 1. The molecule has 1 aromatic rings. The number of allylic oxidation sites excluding steroid dienone is 1. The summed E-state index contributed by atoms with van der Waals surface area (Å²) >= 11 is 0. The van der Waals surface area contributed by atoms with E-state index in [0.29, 0.717) is 6.54 Å². The predicted octanol–water partition coefficient (Wildman–Crippen LogP) is 2.29. The topological polar surface area (TPSA) is 84.5 Å². The molecule has 2 N–H and O–H groups in total. The Bertz CT molecular complexity index is 741. The van der Waals surface area contributed by atoms with Gasteiger partial charge in [0.1, 0.15) is 10.6 Å². The van der Waals surface area contributed by atoms with Gasteiger partial charge < -0.3 is 10.1 Å². The molecule has 0 aromatic heterocycles. The largest absolute Gasteiger partial charge is 0.495 e. The summed E-state index contributed by atoms with van der Waals surface area (Å²) < 4.78 is 32.2. The Hall–Kier alpha value is -1.86. The smallest absolute Gasteiger partial charge is 0.244 e. The zero-order chi connectivity index (χ0) is 18.3. The highest BCUT2D eigenvalue weighted by Gasteiger charge is 2.20. The van der Waals surface area contributed by atoms with Gasteiger partial charge in [-0.05, 0) is 56.7 Å². The molecule has 1 aromatic carbocycles. The number of hydrogen-bond acceptors (Lipinski definition) is 4. The molecule has 1 aliphatic rings. The number of carbonyl (C=O) groups excluding carboxylic acids is 1. The van der Waals surface area contributed by atoms with Crippen LogP contribution in [0.1, 0.15) is 37.7 Å². The quantitative estimate of drug-likeness (QED) is 0.692. The molecule has 25 heavy (non-hydrogen) atoms. The van der Waals surface area contributed by atoms with Crippen molar-refractivity contribution in [3.05, 3.63) is 35.4 Å². The lowest BCUT2D eigenvalue weighted by molar-refractivity contribution is -0.119. The minimum Gasteiger partial charge on any atom is -0.495 e. The molecule has 0 saturated carbocycles. The highest BCUT2D eigenvalue weighted by molar-refractivity contribution is 7.89. The average Bonchev–Trinajstić information content (AvgIpc) is 2.61. The van der Waals surface area contributed by atoms with Crippen LogP contribution in [-0.2, 0) is 14.8 Å². The van der Waals surface area contributed by atoms with E-state index in [4.69, 9.17) is 4.74 Å². The molecule has 7 heteroatoms. The molecule has 0 bridgehead atoms. The van der Waals surface area contributed by atoms with E-state index in [-0.39, 0.29) is 23.1 Å². The van der Waals surface area contributed by atoms with Gasteiger partial charge in [0.25, 0.3) is 0 Å². The van der Waals surface area contributed by atoms with Crippen molar-refractivity contribution in [2.75, 3.05) is 20.2 Å². The lowest BCUT2D eigenvalue weighted by atomic mass is 9.97. The number of methoxy groups -OCH3 is 1. The molecule has 0 radical (unpaired) electrons. The van der Waals surface area contributed by atoms with Crippen molar-refractivity contribution in [2.24, 2.45) is 0 Å². The maximum Gasteiger partial charge on any atom is 0.244 e. The third-order valence-corrected chi connectivity index (χ3v) is 5.61. The van der Waals surface area contributed by atoms with Crippen LogP contribution in [0.3, 0.4) is 0 Å². The van der Waals surface area contributed by atoms with Gasteiger partial charge in [-0.15, -0.1) is 0 Å². The fourth-order valence-corrected chi connectivity index (χ4v) is 4.02. The zero-order valence-electron chi connectivity index (χ0n) is 14.8.